The lowest BCUT2D eigenvalue weighted by molar-refractivity contribution is -0.384. The van der Waals surface area contributed by atoms with Gasteiger partial charge in [0.2, 0.25) is 5.89 Å². The number of carbonyl (C=O) groups excluding carboxylic acids is 5. The van der Waals surface area contributed by atoms with Gasteiger partial charge in [-0.05, 0) is 70.5 Å². The number of anilines is 5. The fraction of sp³-hybridized carbons (Fsp3) is 0.113. The Hall–Kier alpha value is -13.1. The summed E-state index contributed by atoms with van der Waals surface area (Å²) in [6.07, 6.45) is 5.89. The molecule has 6 heterocycles. The van der Waals surface area contributed by atoms with Crippen molar-refractivity contribution in [3.8, 4) is 79.8 Å². The van der Waals surface area contributed by atoms with Gasteiger partial charge in [0.15, 0.2) is 46.0 Å². The number of rotatable bonds is 13. The SMILES string of the molecule is CN(C)C(=O)c1ccc(-c2cnc(N)c(-c3nnc(-c4ccccc4N)o3)n2)cc1.CN(C)C(=O)c1ccc(-c2cnc(N)c(-c3nnc(-c4ccccc4[N+](=O)[O-])o3)n2)cc1.CN(C)C(=O)c1ccc(-c2cnc(N)c(C(=O)NN)n2)cc1.COC(=O)c1nc(Br)cnc1N. The number of nitrogen functional groups attached to an aromatic ring is 6. The quantitative estimate of drug-likeness (QED) is 0.0163. The molecule has 0 saturated heterocycles. The lowest BCUT2D eigenvalue weighted by Crippen LogP contribution is -2.31. The third-order valence-corrected chi connectivity index (χ3v) is 13.6. The van der Waals surface area contributed by atoms with E-state index in [9.17, 15) is 34.1 Å². The molecule has 0 unspecified atom stereocenters. The largest absolute Gasteiger partial charge is 0.464 e. The summed E-state index contributed by atoms with van der Waals surface area (Å²) >= 11 is 3.06. The van der Waals surface area contributed by atoms with Crippen LogP contribution >= 0.6 is 15.9 Å². The maximum Gasteiger partial charge on any atom is 0.360 e. The van der Waals surface area contributed by atoms with Crippen LogP contribution in [0.1, 0.15) is 52.1 Å². The number of nitro benzene ring substituents is 1. The molecule has 0 aliphatic carbocycles. The minimum absolute atomic E-state index is 0.00824. The van der Waals surface area contributed by atoms with Crippen LogP contribution < -0.4 is 39.9 Å². The van der Waals surface area contributed by atoms with Gasteiger partial charge in [-0.15, -0.1) is 20.4 Å². The number of nitrogens with zero attached hydrogens (tertiary/aromatic N) is 16. The molecule has 0 saturated carbocycles. The molecule has 6 aromatic heterocycles. The van der Waals surface area contributed by atoms with Crippen molar-refractivity contribution in [1.29, 1.82) is 0 Å². The number of nitro groups is 1. The number of methoxy groups -OCH3 is 1. The standard InChI is InChI=1S/C21H17N7O4.C21H19N7O2.C14H16N6O2.C6H6BrN3O2/c1-27(2)21(29)13-9-7-12(8-10-13)15-11-23-18(22)17(24-15)20-26-25-19(32-20)14-5-3-4-6-16(14)28(30)31;1-28(2)21(29)13-9-7-12(8-10-13)16-11-24-18(23)17(25-16)20-27-26-19(30-20)14-5-3-4-6-15(14)22;1-20(2)14(22)9-5-3-8(4-6-9)10-7-17-12(15)11(18-10)13(21)19-16;1-12-6(11)4-5(8)9-2-3(7)10-4/h3-11H,1-2H3,(H2,22,23);3-11H,22H2,1-2H3,(H2,23,24);3-7H,16H2,1-2H3,(H2,15,17)(H,19,21);2H,1H3,(H2,8,9). The first kappa shape index (κ1) is 68.8. The van der Waals surface area contributed by atoms with Crippen LogP contribution in [0.5, 0.6) is 0 Å². The van der Waals surface area contributed by atoms with E-state index < -0.39 is 16.8 Å². The highest BCUT2D eigenvalue weighted by molar-refractivity contribution is 9.10. The second kappa shape index (κ2) is 30.8. The van der Waals surface area contributed by atoms with Crippen LogP contribution in [0, 0.1) is 10.1 Å². The number of nitrogens with two attached hydrogens (primary N) is 6. The van der Waals surface area contributed by atoms with Gasteiger partial charge in [0, 0.05) is 87.4 Å². The molecule has 4 amide bonds. The monoisotopic (exact) mass is 1360 g/mol. The molecule has 96 heavy (non-hydrogen) atoms. The number of ether oxygens (including phenoxy) is 1. The van der Waals surface area contributed by atoms with Gasteiger partial charge in [0.25, 0.3) is 47.0 Å². The van der Waals surface area contributed by atoms with Crippen LogP contribution in [0.3, 0.4) is 0 Å². The minimum atomic E-state index is -0.619. The van der Waals surface area contributed by atoms with Gasteiger partial charge in [0.1, 0.15) is 10.2 Å². The summed E-state index contributed by atoms with van der Waals surface area (Å²) in [5.41, 5.74) is 37.8. The van der Waals surface area contributed by atoms with Crippen molar-refractivity contribution in [2.24, 2.45) is 5.84 Å². The number of benzene rings is 5. The number of hydrogen-bond donors (Lipinski definition) is 7. The molecule has 33 nitrogen and oxygen atoms in total. The molecule has 0 fully saturated rings. The number of hydrazine groups is 1. The number of para-hydroxylation sites is 2. The third-order valence-electron chi connectivity index (χ3n) is 13.2. The topological polar surface area (TPSA) is 497 Å². The van der Waals surface area contributed by atoms with Crippen molar-refractivity contribution in [2.75, 3.05) is 78.1 Å². The van der Waals surface area contributed by atoms with E-state index in [1.165, 1.54) is 52.5 Å². The van der Waals surface area contributed by atoms with E-state index in [4.69, 9.17) is 43.3 Å². The van der Waals surface area contributed by atoms with Gasteiger partial charge in [0.05, 0.1) is 59.5 Å². The second-order valence-corrected chi connectivity index (χ2v) is 21.2. The van der Waals surface area contributed by atoms with Crippen LogP contribution in [0.15, 0.2) is 160 Å². The zero-order chi connectivity index (χ0) is 69.5. The van der Waals surface area contributed by atoms with E-state index in [2.05, 4.69) is 80.9 Å². The van der Waals surface area contributed by atoms with Gasteiger partial charge in [-0.2, -0.15) is 0 Å². The summed E-state index contributed by atoms with van der Waals surface area (Å²) in [4.78, 5) is 107. The van der Waals surface area contributed by atoms with Crippen molar-refractivity contribution in [2.45, 2.75) is 0 Å². The number of halogens is 1. The van der Waals surface area contributed by atoms with E-state index in [1.54, 1.807) is 146 Å². The zero-order valence-corrected chi connectivity index (χ0v) is 53.5. The average molecular weight is 1370 g/mol. The van der Waals surface area contributed by atoms with E-state index in [0.29, 0.717) is 60.8 Å². The van der Waals surface area contributed by atoms with Gasteiger partial charge in [-0.3, -0.25) is 34.7 Å². The van der Waals surface area contributed by atoms with E-state index >= 15 is 0 Å². The maximum atomic E-state index is 12.1. The molecule has 0 aliphatic rings. The molecule has 0 atom stereocenters. The highest BCUT2D eigenvalue weighted by atomic mass is 79.9. The second-order valence-electron chi connectivity index (χ2n) is 20.4. The number of esters is 1. The number of amides is 4. The molecule has 0 radical (unpaired) electrons. The number of hydrogen-bond acceptors (Lipinski definition) is 28. The highest BCUT2D eigenvalue weighted by Gasteiger charge is 2.24. The molecule has 488 valence electrons. The molecule has 11 aromatic rings. The normalized spacial score (nSPS) is 10.4. The lowest BCUT2D eigenvalue weighted by Gasteiger charge is -2.10. The fourth-order valence-corrected chi connectivity index (χ4v) is 8.55. The first-order chi connectivity index (χ1) is 45.9. The lowest BCUT2D eigenvalue weighted by atomic mass is 10.1. The Morgan fingerprint density at radius 1 is 0.490 bits per heavy atom. The summed E-state index contributed by atoms with van der Waals surface area (Å²) in [5, 5.41) is 27.2. The summed E-state index contributed by atoms with van der Waals surface area (Å²) in [7, 11) is 11.4. The van der Waals surface area contributed by atoms with Gasteiger partial charge >= 0.3 is 5.97 Å². The van der Waals surface area contributed by atoms with Crippen molar-refractivity contribution in [3.05, 3.63) is 189 Å². The van der Waals surface area contributed by atoms with E-state index in [-0.39, 0.29) is 98.6 Å². The van der Waals surface area contributed by atoms with E-state index in [0.717, 1.165) is 5.56 Å². The minimum Gasteiger partial charge on any atom is -0.464 e. The van der Waals surface area contributed by atoms with Crippen LogP contribution in [-0.4, -0.2) is 159 Å². The number of carbonyl (C=O) groups is 5. The molecular weight excluding hydrogens is 1310 g/mol. The summed E-state index contributed by atoms with van der Waals surface area (Å²) in [5.74, 6) is 4.19. The Kier molecular flexibility index (Phi) is 22.1. The Bertz CT molecular complexity index is 4670. The van der Waals surface area contributed by atoms with Crippen molar-refractivity contribution in [1.82, 2.24) is 80.4 Å². The predicted molar refractivity (Wildman–Crippen MR) is 355 cm³/mol. The van der Waals surface area contributed by atoms with Gasteiger partial charge < -0.3 is 56.9 Å². The van der Waals surface area contributed by atoms with Gasteiger partial charge in [-0.25, -0.2) is 50.5 Å². The van der Waals surface area contributed by atoms with Crippen LogP contribution in [0.4, 0.5) is 34.6 Å². The van der Waals surface area contributed by atoms with Crippen molar-refractivity contribution in [3.63, 3.8) is 0 Å². The first-order valence-electron chi connectivity index (χ1n) is 27.8. The van der Waals surface area contributed by atoms with Crippen molar-refractivity contribution < 1.29 is 42.5 Å². The molecule has 0 bridgehead atoms. The van der Waals surface area contributed by atoms with Crippen molar-refractivity contribution >= 4 is 80.2 Å². The van der Waals surface area contributed by atoms with Crippen LogP contribution in [0.25, 0.3) is 79.8 Å². The predicted octanol–water partition coefficient (Wildman–Crippen LogP) is 6.42. The Balaban J connectivity index is 0.000000172. The molecular formula is C62H58BrN23O10. The smallest absolute Gasteiger partial charge is 0.360 e. The average Bonchev–Trinajstić information content (AvgIpc) is 1.20. The van der Waals surface area contributed by atoms with Crippen LogP contribution in [-0.2, 0) is 4.74 Å². The first-order valence-corrected chi connectivity index (χ1v) is 28.6. The zero-order valence-electron chi connectivity index (χ0n) is 51.9. The summed E-state index contributed by atoms with van der Waals surface area (Å²) in [6.45, 7) is 0. The molecule has 5 aromatic carbocycles. The molecule has 34 heteroatoms. The highest BCUT2D eigenvalue weighted by Crippen LogP contribution is 2.34. The maximum absolute atomic E-state index is 12.1. The third kappa shape index (κ3) is 16.5. The van der Waals surface area contributed by atoms with Gasteiger partial charge in [-0.1, -0.05) is 60.7 Å². The number of nitrogens with one attached hydrogen (secondary N) is 1. The Labute approximate surface area is 553 Å². The fourth-order valence-electron chi connectivity index (χ4n) is 8.27. The molecule has 0 aliphatic heterocycles. The molecule has 11 rings (SSSR count). The Morgan fingerprint density at radius 2 is 0.865 bits per heavy atom. The van der Waals surface area contributed by atoms with E-state index in [1.807, 2.05) is 17.6 Å². The molecule has 13 N–H and O–H groups in total. The Morgan fingerprint density at radius 3 is 1.28 bits per heavy atom. The summed E-state index contributed by atoms with van der Waals surface area (Å²) in [6, 6.07) is 33.9. The number of aromatic nitrogens is 12. The van der Waals surface area contributed by atoms with Crippen LogP contribution in [0.2, 0.25) is 0 Å². The molecule has 0 spiro atoms. The summed E-state index contributed by atoms with van der Waals surface area (Å²) < 4.78 is 16.3.